The second-order valence-electron chi connectivity index (χ2n) is 8.79. The Bertz CT molecular complexity index is 991. The quantitative estimate of drug-likeness (QED) is 0.555. The average molecular weight is 428 g/mol. The lowest BCUT2D eigenvalue weighted by Gasteiger charge is -2.28. The number of carbonyl (C=O) groups excluding carboxylic acids is 1. The number of carbonyl (C=O) groups is 1. The van der Waals surface area contributed by atoms with Crippen LogP contribution in [0.15, 0.2) is 78.9 Å². The first-order valence-corrected chi connectivity index (χ1v) is 11.5. The highest BCUT2D eigenvalue weighted by molar-refractivity contribution is 5.79. The van der Waals surface area contributed by atoms with Gasteiger partial charge in [-0.15, -0.1) is 0 Å². The number of amides is 1. The van der Waals surface area contributed by atoms with Crippen molar-refractivity contribution >= 4 is 11.6 Å². The van der Waals surface area contributed by atoms with E-state index in [4.69, 9.17) is 0 Å². The number of nitrogens with zero attached hydrogens (tertiary/aromatic N) is 2. The highest BCUT2D eigenvalue weighted by Gasteiger charge is 2.24. The molecule has 0 spiro atoms. The Morgan fingerprint density at radius 3 is 2.12 bits per heavy atom. The molecule has 1 atom stereocenters. The molecule has 1 fully saturated rings. The summed E-state index contributed by atoms with van der Waals surface area (Å²) in [5.41, 5.74) is 5.86. The van der Waals surface area contributed by atoms with Gasteiger partial charge >= 0.3 is 0 Å². The van der Waals surface area contributed by atoms with E-state index < -0.39 is 0 Å². The fourth-order valence-corrected chi connectivity index (χ4v) is 4.41. The molecular weight excluding hydrogens is 394 g/mol. The number of rotatable bonds is 8. The lowest BCUT2D eigenvalue weighted by molar-refractivity contribution is -0.120. The lowest BCUT2D eigenvalue weighted by Crippen LogP contribution is -2.37. The standard InChI is InChI=1S/C28H33N3O/c1-30(2)26-16-14-25(15-17-26)27(31-18-6-7-19-31)21-29-28(32)20-22-10-12-24(13-11-22)23-8-4-3-5-9-23/h3-5,8-17,27H,6-7,18-21H2,1-2H3,(H,29,32)/t27-/m0/s1. The van der Waals surface area contributed by atoms with Crippen molar-refractivity contribution in [3.8, 4) is 11.1 Å². The van der Waals surface area contributed by atoms with Crippen molar-refractivity contribution in [1.29, 1.82) is 0 Å². The molecule has 3 aromatic carbocycles. The second kappa shape index (κ2) is 10.5. The first-order chi connectivity index (χ1) is 15.6. The fourth-order valence-electron chi connectivity index (χ4n) is 4.41. The van der Waals surface area contributed by atoms with Crippen LogP contribution in [0.1, 0.15) is 30.0 Å². The first kappa shape index (κ1) is 22.1. The van der Waals surface area contributed by atoms with Gasteiger partial charge in [-0.2, -0.15) is 0 Å². The van der Waals surface area contributed by atoms with Crippen molar-refractivity contribution in [2.75, 3.05) is 38.6 Å². The molecule has 0 saturated carbocycles. The van der Waals surface area contributed by atoms with Crippen LogP contribution in [0.2, 0.25) is 0 Å². The van der Waals surface area contributed by atoms with Gasteiger partial charge in [-0.05, 0) is 60.3 Å². The molecule has 1 heterocycles. The summed E-state index contributed by atoms with van der Waals surface area (Å²) in [7, 11) is 4.11. The van der Waals surface area contributed by atoms with Crippen molar-refractivity contribution < 1.29 is 4.79 Å². The van der Waals surface area contributed by atoms with Crippen LogP contribution in [-0.2, 0) is 11.2 Å². The van der Waals surface area contributed by atoms with E-state index >= 15 is 0 Å². The maximum absolute atomic E-state index is 12.7. The van der Waals surface area contributed by atoms with Crippen LogP contribution < -0.4 is 10.2 Å². The number of nitrogens with one attached hydrogen (secondary N) is 1. The monoisotopic (exact) mass is 427 g/mol. The van der Waals surface area contributed by atoms with Gasteiger partial charge in [-0.25, -0.2) is 0 Å². The molecule has 1 saturated heterocycles. The maximum atomic E-state index is 12.7. The zero-order valence-electron chi connectivity index (χ0n) is 19.1. The van der Waals surface area contributed by atoms with Crippen molar-refractivity contribution in [1.82, 2.24) is 10.2 Å². The number of benzene rings is 3. The Hall–Kier alpha value is -3.11. The topological polar surface area (TPSA) is 35.6 Å². The third kappa shape index (κ3) is 5.57. The Morgan fingerprint density at radius 1 is 0.875 bits per heavy atom. The summed E-state index contributed by atoms with van der Waals surface area (Å²) < 4.78 is 0. The van der Waals surface area contributed by atoms with Gasteiger partial charge in [-0.3, -0.25) is 9.69 Å². The normalized spacial score (nSPS) is 14.8. The van der Waals surface area contributed by atoms with E-state index in [1.54, 1.807) is 0 Å². The zero-order valence-corrected chi connectivity index (χ0v) is 19.1. The van der Waals surface area contributed by atoms with Gasteiger partial charge in [-0.1, -0.05) is 66.7 Å². The van der Waals surface area contributed by atoms with E-state index in [-0.39, 0.29) is 11.9 Å². The number of hydrogen-bond donors (Lipinski definition) is 1. The largest absolute Gasteiger partial charge is 0.378 e. The smallest absolute Gasteiger partial charge is 0.224 e. The molecule has 1 N–H and O–H groups in total. The average Bonchev–Trinajstić information content (AvgIpc) is 3.35. The van der Waals surface area contributed by atoms with Crippen LogP contribution in [0.25, 0.3) is 11.1 Å². The molecule has 1 aliphatic rings. The first-order valence-electron chi connectivity index (χ1n) is 11.5. The van der Waals surface area contributed by atoms with Gasteiger partial charge in [0.05, 0.1) is 12.5 Å². The molecule has 0 bridgehead atoms. The maximum Gasteiger partial charge on any atom is 0.224 e. The minimum atomic E-state index is 0.0755. The molecule has 32 heavy (non-hydrogen) atoms. The molecule has 3 aromatic rings. The molecule has 4 nitrogen and oxygen atoms in total. The Kier molecular flexibility index (Phi) is 7.23. The number of likely N-dealkylation sites (tertiary alicyclic amines) is 1. The Labute approximate surface area is 191 Å². The fraction of sp³-hybridized carbons (Fsp3) is 0.321. The molecule has 0 aromatic heterocycles. The van der Waals surface area contributed by atoms with E-state index in [1.165, 1.54) is 35.2 Å². The summed E-state index contributed by atoms with van der Waals surface area (Å²) in [6.07, 6.45) is 2.86. The van der Waals surface area contributed by atoms with Crippen molar-refractivity contribution in [3.63, 3.8) is 0 Å². The SMILES string of the molecule is CN(C)c1ccc([C@H](CNC(=O)Cc2ccc(-c3ccccc3)cc2)N2CCCC2)cc1. The van der Waals surface area contributed by atoms with E-state index in [0.717, 1.165) is 18.7 Å². The summed E-state index contributed by atoms with van der Waals surface area (Å²) in [5.74, 6) is 0.0755. The summed E-state index contributed by atoms with van der Waals surface area (Å²) >= 11 is 0. The van der Waals surface area contributed by atoms with Crippen LogP contribution in [0.3, 0.4) is 0 Å². The number of hydrogen-bond acceptors (Lipinski definition) is 3. The molecule has 0 radical (unpaired) electrons. The van der Waals surface area contributed by atoms with Gasteiger partial charge in [0.2, 0.25) is 5.91 Å². The van der Waals surface area contributed by atoms with Crippen molar-refractivity contribution in [2.24, 2.45) is 0 Å². The molecule has 4 heteroatoms. The molecule has 4 rings (SSSR count). The molecule has 0 aliphatic carbocycles. The third-order valence-electron chi connectivity index (χ3n) is 6.29. The van der Waals surface area contributed by atoms with E-state index in [9.17, 15) is 4.79 Å². The summed E-state index contributed by atoms with van der Waals surface area (Å²) in [6, 6.07) is 27.6. The van der Waals surface area contributed by atoms with Gasteiger partial charge in [0.1, 0.15) is 0 Å². The van der Waals surface area contributed by atoms with Gasteiger partial charge in [0, 0.05) is 26.3 Å². The molecule has 1 aliphatic heterocycles. The second-order valence-corrected chi connectivity index (χ2v) is 8.79. The summed E-state index contributed by atoms with van der Waals surface area (Å²) in [4.78, 5) is 17.3. The van der Waals surface area contributed by atoms with Crippen LogP contribution >= 0.6 is 0 Å². The van der Waals surface area contributed by atoms with E-state index in [0.29, 0.717) is 13.0 Å². The van der Waals surface area contributed by atoms with Gasteiger partial charge in [0.15, 0.2) is 0 Å². The van der Waals surface area contributed by atoms with Gasteiger partial charge < -0.3 is 10.2 Å². The highest BCUT2D eigenvalue weighted by Crippen LogP contribution is 2.26. The van der Waals surface area contributed by atoms with Crippen LogP contribution in [0, 0.1) is 0 Å². The van der Waals surface area contributed by atoms with Crippen LogP contribution in [0.4, 0.5) is 5.69 Å². The minimum Gasteiger partial charge on any atom is -0.378 e. The summed E-state index contributed by atoms with van der Waals surface area (Å²) in [5, 5.41) is 3.20. The third-order valence-corrected chi connectivity index (χ3v) is 6.29. The van der Waals surface area contributed by atoms with Crippen molar-refractivity contribution in [3.05, 3.63) is 90.0 Å². The molecule has 166 valence electrons. The Balaban J connectivity index is 1.37. The van der Waals surface area contributed by atoms with Crippen LogP contribution in [-0.4, -0.2) is 44.5 Å². The van der Waals surface area contributed by atoms with Gasteiger partial charge in [0.25, 0.3) is 0 Å². The van der Waals surface area contributed by atoms with Crippen LogP contribution in [0.5, 0.6) is 0 Å². The van der Waals surface area contributed by atoms with E-state index in [1.807, 2.05) is 18.2 Å². The predicted molar refractivity (Wildman–Crippen MR) is 133 cm³/mol. The molecular formula is C28H33N3O. The summed E-state index contributed by atoms with van der Waals surface area (Å²) in [6.45, 7) is 2.83. The lowest BCUT2D eigenvalue weighted by atomic mass is 10.0. The minimum absolute atomic E-state index is 0.0755. The van der Waals surface area contributed by atoms with Crippen molar-refractivity contribution in [2.45, 2.75) is 25.3 Å². The Morgan fingerprint density at radius 2 is 1.50 bits per heavy atom. The highest BCUT2D eigenvalue weighted by atomic mass is 16.1. The predicted octanol–water partition coefficient (Wildman–Crippen LogP) is 4.92. The molecule has 1 amide bonds. The van der Waals surface area contributed by atoms with E-state index in [2.05, 4.69) is 89.9 Å². The molecule has 0 unspecified atom stereocenters. The number of anilines is 1. The zero-order chi connectivity index (χ0) is 22.3.